The molecule has 0 saturated heterocycles. The lowest BCUT2D eigenvalue weighted by molar-refractivity contribution is -0.117. The highest BCUT2D eigenvalue weighted by Gasteiger charge is 2.29. The van der Waals surface area contributed by atoms with Crippen molar-refractivity contribution in [3.8, 4) is 11.8 Å². The van der Waals surface area contributed by atoms with E-state index < -0.39 is 0 Å². The zero-order valence-corrected chi connectivity index (χ0v) is 9.01. The molecule has 0 radical (unpaired) electrons. The maximum Gasteiger partial charge on any atom is 0.232 e. The summed E-state index contributed by atoms with van der Waals surface area (Å²) in [6, 6.07) is 4.39. The maximum absolute atomic E-state index is 13.1. The Balaban J connectivity index is 2.23. The van der Waals surface area contributed by atoms with Crippen molar-refractivity contribution in [1.29, 1.82) is 0 Å². The summed E-state index contributed by atoms with van der Waals surface area (Å²) in [6.07, 6.45) is 1.30. The monoisotopic (exact) mass is 217 g/mol. The number of nitrogens with one attached hydrogen (secondary N) is 1. The fraction of sp³-hybridized carbons (Fsp3) is 0.308. The second kappa shape index (κ2) is 4.36. The molecular weight excluding hydrogens is 205 g/mol. The van der Waals surface area contributed by atoms with E-state index in [1.807, 2.05) is 0 Å². The number of anilines is 1. The van der Waals surface area contributed by atoms with Crippen LogP contribution in [0, 0.1) is 17.7 Å². The van der Waals surface area contributed by atoms with Gasteiger partial charge in [-0.15, -0.1) is 11.8 Å². The minimum Gasteiger partial charge on any atom is -0.325 e. The van der Waals surface area contributed by atoms with Gasteiger partial charge in [0.05, 0.1) is 5.92 Å². The number of carbonyl (C=O) groups excluding carboxylic acids is 1. The fourth-order valence-electron chi connectivity index (χ4n) is 1.92. The number of fused-ring (bicyclic) bond motifs is 1. The van der Waals surface area contributed by atoms with Crippen molar-refractivity contribution >= 4 is 11.6 Å². The lowest BCUT2D eigenvalue weighted by atomic mass is 9.96. The number of rotatable bonds is 2. The molecule has 82 valence electrons. The molecule has 1 amide bonds. The Morgan fingerprint density at radius 3 is 3.06 bits per heavy atom. The average Bonchev–Trinajstić information content (AvgIpc) is 2.56. The van der Waals surface area contributed by atoms with Crippen molar-refractivity contribution in [2.24, 2.45) is 0 Å². The largest absolute Gasteiger partial charge is 0.325 e. The van der Waals surface area contributed by atoms with Gasteiger partial charge in [-0.25, -0.2) is 4.39 Å². The van der Waals surface area contributed by atoms with E-state index in [0.29, 0.717) is 12.8 Å². The van der Waals surface area contributed by atoms with Crippen molar-refractivity contribution in [3.05, 3.63) is 29.6 Å². The summed E-state index contributed by atoms with van der Waals surface area (Å²) < 4.78 is 13.1. The fourth-order valence-corrected chi connectivity index (χ4v) is 1.92. The van der Waals surface area contributed by atoms with Crippen LogP contribution in [-0.4, -0.2) is 5.91 Å². The Hall–Kier alpha value is -1.82. The van der Waals surface area contributed by atoms with Crippen molar-refractivity contribution in [1.82, 2.24) is 0 Å². The molecule has 0 fully saturated rings. The zero-order valence-electron chi connectivity index (χ0n) is 9.01. The number of halogens is 1. The first-order chi connectivity index (χ1) is 7.72. The third kappa shape index (κ3) is 1.92. The molecule has 1 unspecified atom stereocenters. The molecule has 0 spiro atoms. The lowest BCUT2D eigenvalue weighted by Gasteiger charge is -2.05. The molecular formula is C13H12FNO. The van der Waals surface area contributed by atoms with E-state index in [4.69, 9.17) is 0 Å². The minimum absolute atomic E-state index is 0.0569. The van der Waals surface area contributed by atoms with Crippen LogP contribution < -0.4 is 5.32 Å². The summed E-state index contributed by atoms with van der Waals surface area (Å²) in [5.74, 6) is 5.08. The number of carbonyl (C=O) groups is 1. The van der Waals surface area contributed by atoms with Crippen LogP contribution >= 0.6 is 0 Å². The highest BCUT2D eigenvalue weighted by atomic mass is 19.1. The van der Waals surface area contributed by atoms with Crippen LogP contribution in [0.5, 0.6) is 0 Å². The Kier molecular flexibility index (Phi) is 2.91. The van der Waals surface area contributed by atoms with Crippen molar-refractivity contribution < 1.29 is 9.18 Å². The molecule has 0 bridgehead atoms. The molecule has 1 heterocycles. The quantitative estimate of drug-likeness (QED) is 0.758. The topological polar surface area (TPSA) is 29.1 Å². The van der Waals surface area contributed by atoms with E-state index in [1.54, 1.807) is 13.0 Å². The van der Waals surface area contributed by atoms with Gasteiger partial charge in [-0.1, -0.05) is 0 Å². The van der Waals surface area contributed by atoms with E-state index in [0.717, 1.165) is 11.3 Å². The molecule has 0 saturated carbocycles. The molecule has 1 aromatic carbocycles. The molecule has 1 N–H and O–H groups in total. The van der Waals surface area contributed by atoms with Gasteiger partial charge in [-0.2, -0.15) is 0 Å². The summed E-state index contributed by atoms with van der Waals surface area (Å²) in [7, 11) is 0. The van der Waals surface area contributed by atoms with Crippen LogP contribution in [0.3, 0.4) is 0 Å². The zero-order chi connectivity index (χ0) is 11.5. The summed E-state index contributed by atoms with van der Waals surface area (Å²) in [6.45, 7) is 1.77. The summed E-state index contributed by atoms with van der Waals surface area (Å²) >= 11 is 0. The van der Waals surface area contributed by atoms with Gasteiger partial charge in [0, 0.05) is 12.1 Å². The molecule has 0 aliphatic carbocycles. The van der Waals surface area contributed by atoms with Crippen molar-refractivity contribution in [3.63, 3.8) is 0 Å². The minimum atomic E-state index is -0.304. The average molecular weight is 217 g/mol. The molecule has 1 aliphatic heterocycles. The van der Waals surface area contributed by atoms with Gasteiger partial charge in [0.25, 0.3) is 0 Å². The third-order valence-electron chi connectivity index (χ3n) is 2.70. The Bertz CT molecular complexity index is 484. The Morgan fingerprint density at radius 2 is 2.31 bits per heavy atom. The second-order valence-electron chi connectivity index (χ2n) is 3.74. The van der Waals surface area contributed by atoms with Crippen LogP contribution in [0.15, 0.2) is 18.2 Å². The molecule has 0 aromatic heterocycles. The standard InChI is InChI=1S/C13H12FNO/c1-2-3-4-5-10-11-8-9(14)6-7-12(11)15-13(10)16/h6-8,10H,4-5H2,1H3,(H,15,16). The first-order valence-electron chi connectivity index (χ1n) is 5.22. The smallest absolute Gasteiger partial charge is 0.232 e. The number of benzene rings is 1. The molecule has 2 nitrogen and oxygen atoms in total. The number of hydrogen-bond acceptors (Lipinski definition) is 1. The van der Waals surface area contributed by atoms with Crippen LogP contribution in [0.4, 0.5) is 10.1 Å². The Labute approximate surface area is 93.9 Å². The Morgan fingerprint density at radius 1 is 1.50 bits per heavy atom. The summed E-state index contributed by atoms with van der Waals surface area (Å²) in [5, 5.41) is 2.75. The predicted molar refractivity (Wildman–Crippen MR) is 60.5 cm³/mol. The number of hydrogen-bond donors (Lipinski definition) is 1. The molecule has 2 rings (SSSR count). The highest BCUT2D eigenvalue weighted by molar-refractivity contribution is 6.02. The van der Waals surface area contributed by atoms with Gasteiger partial charge in [-0.3, -0.25) is 4.79 Å². The van der Waals surface area contributed by atoms with Crippen molar-refractivity contribution in [2.45, 2.75) is 25.7 Å². The molecule has 3 heteroatoms. The van der Waals surface area contributed by atoms with E-state index in [9.17, 15) is 9.18 Å². The van der Waals surface area contributed by atoms with E-state index in [-0.39, 0.29) is 17.6 Å². The highest BCUT2D eigenvalue weighted by Crippen LogP contribution is 2.35. The van der Waals surface area contributed by atoms with Crippen LogP contribution in [0.1, 0.15) is 31.2 Å². The van der Waals surface area contributed by atoms with Gasteiger partial charge >= 0.3 is 0 Å². The molecule has 1 aliphatic rings. The third-order valence-corrected chi connectivity index (χ3v) is 2.70. The SMILES string of the molecule is CC#CCCC1C(=O)Nc2ccc(F)cc21. The normalized spacial score (nSPS) is 17.4. The second-order valence-corrected chi connectivity index (χ2v) is 3.74. The summed E-state index contributed by atoms with van der Waals surface area (Å²) in [4.78, 5) is 11.7. The summed E-state index contributed by atoms with van der Waals surface area (Å²) in [5.41, 5.74) is 1.48. The van der Waals surface area contributed by atoms with Crippen LogP contribution in [0.25, 0.3) is 0 Å². The first kappa shape index (κ1) is 10.7. The van der Waals surface area contributed by atoms with Gasteiger partial charge in [0.2, 0.25) is 5.91 Å². The van der Waals surface area contributed by atoms with Gasteiger partial charge in [0.15, 0.2) is 0 Å². The first-order valence-corrected chi connectivity index (χ1v) is 5.22. The molecule has 16 heavy (non-hydrogen) atoms. The van der Waals surface area contributed by atoms with Gasteiger partial charge in [-0.05, 0) is 37.1 Å². The van der Waals surface area contributed by atoms with Gasteiger partial charge in [0.1, 0.15) is 5.82 Å². The van der Waals surface area contributed by atoms with Crippen LogP contribution in [0.2, 0.25) is 0 Å². The van der Waals surface area contributed by atoms with E-state index in [1.165, 1.54) is 12.1 Å². The van der Waals surface area contributed by atoms with Crippen LogP contribution in [-0.2, 0) is 4.79 Å². The lowest BCUT2D eigenvalue weighted by Crippen LogP contribution is -2.11. The van der Waals surface area contributed by atoms with E-state index in [2.05, 4.69) is 17.2 Å². The van der Waals surface area contributed by atoms with E-state index >= 15 is 0 Å². The number of amides is 1. The van der Waals surface area contributed by atoms with Crippen molar-refractivity contribution in [2.75, 3.05) is 5.32 Å². The predicted octanol–water partition coefficient (Wildman–Crippen LogP) is 2.66. The molecule has 1 atom stereocenters. The van der Waals surface area contributed by atoms with Gasteiger partial charge < -0.3 is 5.32 Å². The molecule has 1 aromatic rings. The maximum atomic E-state index is 13.1.